The Kier molecular flexibility index (Phi) is 2.83. The van der Waals surface area contributed by atoms with E-state index in [0.29, 0.717) is 5.69 Å². The van der Waals surface area contributed by atoms with Gasteiger partial charge in [0.1, 0.15) is 5.69 Å². The summed E-state index contributed by atoms with van der Waals surface area (Å²) >= 11 is 0. The number of hydrogen-bond acceptors (Lipinski definition) is 4. The van der Waals surface area contributed by atoms with E-state index in [1.165, 1.54) is 6.92 Å². The maximum Gasteiger partial charge on any atom is 0.180 e. The summed E-state index contributed by atoms with van der Waals surface area (Å²) in [5.41, 5.74) is 1.21. The minimum absolute atomic E-state index is 0.0393. The van der Waals surface area contributed by atoms with Crippen LogP contribution in [0, 0.1) is 0 Å². The summed E-state index contributed by atoms with van der Waals surface area (Å²) in [4.78, 5) is 15.9. The molecule has 0 saturated carbocycles. The fourth-order valence-corrected chi connectivity index (χ4v) is 2.35. The third kappa shape index (κ3) is 1.80. The van der Waals surface area contributed by atoms with Gasteiger partial charge in [-0.1, -0.05) is 0 Å². The van der Waals surface area contributed by atoms with Gasteiger partial charge in [0.2, 0.25) is 0 Å². The quantitative estimate of drug-likeness (QED) is 0.762. The van der Waals surface area contributed by atoms with E-state index in [-0.39, 0.29) is 12.0 Å². The number of carbonyl (C=O) groups excluding carboxylic acids is 1. The molecule has 0 bridgehead atoms. The van der Waals surface area contributed by atoms with Crippen LogP contribution in [0.1, 0.15) is 42.9 Å². The minimum atomic E-state index is -0.0933. The third-order valence-electron chi connectivity index (χ3n) is 3.23. The number of aromatic nitrogens is 3. The molecule has 5 heteroatoms. The topological polar surface area (TPSA) is 57.0 Å². The highest BCUT2D eigenvalue weighted by molar-refractivity contribution is 6.03. The largest absolute Gasteiger partial charge is 0.356 e. The van der Waals surface area contributed by atoms with Crippen LogP contribution in [0.4, 0.5) is 0 Å². The highest BCUT2D eigenvalue weighted by Crippen LogP contribution is 2.26. The molecular formula is C13H15N3O2. The number of fused-ring (bicyclic) bond motifs is 1. The molecule has 18 heavy (non-hydrogen) atoms. The molecular weight excluding hydrogens is 230 g/mol. The average molecular weight is 245 g/mol. The monoisotopic (exact) mass is 245 g/mol. The van der Waals surface area contributed by atoms with Gasteiger partial charge in [-0.2, -0.15) is 5.10 Å². The van der Waals surface area contributed by atoms with Crippen molar-refractivity contribution in [2.24, 2.45) is 0 Å². The number of hydrogen-bond donors (Lipinski definition) is 0. The number of ether oxygens (including phenoxy) is 1. The second-order valence-electron chi connectivity index (χ2n) is 4.55. The summed E-state index contributed by atoms with van der Waals surface area (Å²) < 4.78 is 7.47. The number of carbonyl (C=O) groups is 1. The first kappa shape index (κ1) is 11.3. The molecule has 1 saturated heterocycles. The number of rotatable bonds is 2. The number of pyridine rings is 1. The second-order valence-corrected chi connectivity index (χ2v) is 4.55. The lowest BCUT2D eigenvalue weighted by Crippen LogP contribution is -2.19. The molecule has 2 aromatic rings. The van der Waals surface area contributed by atoms with Gasteiger partial charge in [0.05, 0.1) is 5.39 Å². The minimum Gasteiger partial charge on any atom is -0.356 e. The Morgan fingerprint density at radius 1 is 1.50 bits per heavy atom. The normalized spacial score (nSPS) is 20.2. The van der Waals surface area contributed by atoms with Crippen molar-refractivity contribution in [1.82, 2.24) is 14.8 Å². The Balaban J connectivity index is 2.13. The summed E-state index contributed by atoms with van der Waals surface area (Å²) in [5, 5.41) is 5.20. The van der Waals surface area contributed by atoms with Gasteiger partial charge < -0.3 is 4.74 Å². The van der Waals surface area contributed by atoms with Crippen molar-refractivity contribution in [3.63, 3.8) is 0 Å². The third-order valence-corrected chi connectivity index (χ3v) is 3.23. The highest BCUT2D eigenvalue weighted by Gasteiger charge is 2.22. The Labute approximate surface area is 105 Å². The zero-order chi connectivity index (χ0) is 12.5. The molecule has 1 aliphatic rings. The van der Waals surface area contributed by atoms with Crippen molar-refractivity contribution in [3.8, 4) is 0 Å². The highest BCUT2D eigenvalue weighted by atomic mass is 16.5. The second kappa shape index (κ2) is 4.49. The van der Waals surface area contributed by atoms with E-state index in [4.69, 9.17) is 4.74 Å². The predicted molar refractivity (Wildman–Crippen MR) is 66.4 cm³/mol. The van der Waals surface area contributed by atoms with Crippen molar-refractivity contribution < 1.29 is 9.53 Å². The summed E-state index contributed by atoms with van der Waals surface area (Å²) in [6, 6.07) is 3.70. The Morgan fingerprint density at radius 3 is 3.11 bits per heavy atom. The van der Waals surface area contributed by atoms with Gasteiger partial charge in [0, 0.05) is 19.7 Å². The van der Waals surface area contributed by atoms with E-state index >= 15 is 0 Å². The summed E-state index contributed by atoms with van der Waals surface area (Å²) in [5.74, 6) is -0.0393. The van der Waals surface area contributed by atoms with Crippen LogP contribution in [0.3, 0.4) is 0 Å². The van der Waals surface area contributed by atoms with Gasteiger partial charge in [-0.15, -0.1) is 0 Å². The van der Waals surface area contributed by atoms with Gasteiger partial charge in [-0.25, -0.2) is 9.67 Å². The van der Waals surface area contributed by atoms with Crippen LogP contribution in [-0.4, -0.2) is 27.2 Å². The first-order valence-corrected chi connectivity index (χ1v) is 6.23. The maximum absolute atomic E-state index is 11.6. The van der Waals surface area contributed by atoms with Crippen LogP contribution in [0.2, 0.25) is 0 Å². The molecule has 2 aromatic heterocycles. The lowest BCUT2D eigenvalue weighted by molar-refractivity contribution is -0.0371. The number of ketones is 1. The van der Waals surface area contributed by atoms with E-state index in [1.807, 2.05) is 12.1 Å². The van der Waals surface area contributed by atoms with Crippen molar-refractivity contribution in [2.75, 3.05) is 6.61 Å². The van der Waals surface area contributed by atoms with E-state index in [0.717, 1.165) is 36.9 Å². The van der Waals surface area contributed by atoms with E-state index < -0.39 is 0 Å². The fraction of sp³-hybridized carbons (Fsp3) is 0.462. The van der Waals surface area contributed by atoms with Gasteiger partial charge in [0.15, 0.2) is 17.7 Å². The predicted octanol–water partition coefficient (Wildman–Crippen LogP) is 2.33. The summed E-state index contributed by atoms with van der Waals surface area (Å²) in [6.45, 7) is 2.27. The van der Waals surface area contributed by atoms with Crippen LogP contribution in [0.5, 0.6) is 0 Å². The molecule has 1 unspecified atom stereocenters. The van der Waals surface area contributed by atoms with Crippen LogP contribution in [-0.2, 0) is 4.74 Å². The molecule has 94 valence electrons. The zero-order valence-electron chi connectivity index (χ0n) is 10.3. The van der Waals surface area contributed by atoms with Crippen molar-refractivity contribution in [1.29, 1.82) is 0 Å². The summed E-state index contributed by atoms with van der Waals surface area (Å²) in [7, 11) is 0. The first-order chi connectivity index (χ1) is 8.77. The Morgan fingerprint density at radius 2 is 2.39 bits per heavy atom. The zero-order valence-corrected chi connectivity index (χ0v) is 10.3. The van der Waals surface area contributed by atoms with E-state index in [9.17, 15) is 4.79 Å². The molecule has 3 rings (SSSR count). The molecule has 3 heterocycles. The number of nitrogens with zero attached hydrogens (tertiary/aromatic N) is 3. The Hall–Kier alpha value is -1.75. The Bertz CT molecular complexity index is 585. The number of Topliss-reactive ketones (excluding diaryl/α,β-unsaturated/α-hetero) is 1. The van der Waals surface area contributed by atoms with Crippen LogP contribution >= 0.6 is 0 Å². The molecule has 1 atom stereocenters. The maximum atomic E-state index is 11.6. The van der Waals surface area contributed by atoms with Gasteiger partial charge in [0.25, 0.3) is 0 Å². The molecule has 0 aromatic carbocycles. The van der Waals surface area contributed by atoms with E-state index in [2.05, 4.69) is 10.1 Å². The lowest BCUT2D eigenvalue weighted by atomic mass is 10.2. The van der Waals surface area contributed by atoms with Crippen LogP contribution in [0.25, 0.3) is 11.0 Å². The van der Waals surface area contributed by atoms with Crippen molar-refractivity contribution in [3.05, 3.63) is 24.0 Å². The smallest absolute Gasteiger partial charge is 0.180 e. The summed E-state index contributed by atoms with van der Waals surface area (Å²) in [6.07, 6.45) is 4.75. The molecule has 0 radical (unpaired) electrons. The van der Waals surface area contributed by atoms with Crippen molar-refractivity contribution >= 4 is 16.8 Å². The van der Waals surface area contributed by atoms with E-state index in [1.54, 1.807) is 10.9 Å². The van der Waals surface area contributed by atoms with Crippen molar-refractivity contribution in [2.45, 2.75) is 32.4 Å². The fourth-order valence-electron chi connectivity index (χ4n) is 2.35. The molecule has 5 nitrogen and oxygen atoms in total. The van der Waals surface area contributed by atoms with Crippen LogP contribution in [0.15, 0.2) is 18.3 Å². The molecule has 0 spiro atoms. The average Bonchev–Trinajstić information content (AvgIpc) is 2.79. The lowest BCUT2D eigenvalue weighted by Gasteiger charge is -2.22. The standard InChI is InChI=1S/C13H15N3O2/c1-9(17)12-10-5-4-7-14-13(10)16(15-12)11-6-2-3-8-18-11/h4-5,7,11H,2-3,6,8H2,1H3. The van der Waals surface area contributed by atoms with Gasteiger partial charge in [-0.3, -0.25) is 4.79 Å². The SMILES string of the molecule is CC(=O)c1nn(C2CCCCO2)c2ncccc12. The molecule has 0 N–H and O–H groups in total. The molecule has 1 aliphatic heterocycles. The first-order valence-electron chi connectivity index (χ1n) is 6.23. The van der Waals surface area contributed by atoms with Crippen LogP contribution < -0.4 is 0 Å². The molecule has 1 fully saturated rings. The molecule has 0 aliphatic carbocycles. The van der Waals surface area contributed by atoms with Gasteiger partial charge >= 0.3 is 0 Å². The van der Waals surface area contributed by atoms with Gasteiger partial charge in [-0.05, 0) is 31.4 Å². The molecule has 0 amide bonds.